The van der Waals surface area contributed by atoms with Crippen LogP contribution in [0.4, 0.5) is 5.82 Å². The fourth-order valence-electron chi connectivity index (χ4n) is 5.24. The molecule has 9 heteroatoms. The molecule has 9 nitrogen and oxygen atoms in total. The van der Waals surface area contributed by atoms with Crippen LogP contribution >= 0.6 is 0 Å². The van der Waals surface area contributed by atoms with E-state index in [1.54, 1.807) is 44.5 Å². The van der Waals surface area contributed by atoms with Crippen LogP contribution in [0.2, 0.25) is 0 Å². The Morgan fingerprint density at radius 3 is 2.51 bits per heavy atom. The lowest BCUT2D eigenvalue weighted by Crippen LogP contribution is -2.43. The molecule has 3 heterocycles. The highest BCUT2D eigenvalue weighted by Crippen LogP contribution is 2.33. The topological polar surface area (TPSA) is 119 Å². The monoisotopic (exact) mass is 520 g/mol. The zero-order valence-corrected chi connectivity index (χ0v) is 21.4. The van der Waals surface area contributed by atoms with Crippen molar-refractivity contribution in [2.75, 3.05) is 18.8 Å². The van der Waals surface area contributed by atoms with Gasteiger partial charge in [0.1, 0.15) is 34.5 Å². The minimum atomic E-state index is -0.263. The Labute approximate surface area is 225 Å². The van der Waals surface area contributed by atoms with Gasteiger partial charge >= 0.3 is 5.69 Å². The molecule has 2 N–H and O–H groups in total. The molecule has 1 aliphatic heterocycles. The number of piperidine rings is 1. The molecule has 6 rings (SSSR count). The molecule has 2 aromatic heterocycles. The number of rotatable bonds is 6. The first-order valence-corrected chi connectivity index (χ1v) is 13.2. The maximum Gasteiger partial charge on any atom is 0.334 e. The van der Waals surface area contributed by atoms with Crippen LogP contribution in [0.1, 0.15) is 31.7 Å². The minimum Gasteiger partial charge on any atom is -0.457 e. The average molecular weight is 521 g/mol. The van der Waals surface area contributed by atoms with E-state index in [2.05, 4.69) is 11.1 Å². The summed E-state index contributed by atoms with van der Waals surface area (Å²) in [7, 11) is 0. The number of nitriles is 1. The second-order valence-corrected chi connectivity index (χ2v) is 10.0. The van der Waals surface area contributed by atoms with Gasteiger partial charge in [0.15, 0.2) is 0 Å². The van der Waals surface area contributed by atoms with E-state index in [0.717, 1.165) is 31.4 Å². The van der Waals surface area contributed by atoms with E-state index in [4.69, 9.17) is 10.5 Å². The number of carbonyl (C=O) groups excluding carboxylic acids is 1. The number of ether oxygens (including phenoxy) is 1. The van der Waals surface area contributed by atoms with E-state index in [0.29, 0.717) is 41.5 Å². The van der Waals surface area contributed by atoms with E-state index in [1.165, 1.54) is 0 Å². The van der Waals surface area contributed by atoms with Crippen molar-refractivity contribution in [3.63, 3.8) is 0 Å². The lowest BCUT2D eigenvalue weighted by Gasteiger charge is -2.33. The van der Waals surface area contributed by atoms with Gasteiger partial charge in [-0.1, -0.05) is 24.3 Å². The van der Waals surface area contributed by atoms with Gasteiger partial charge in [-0.15, -0.1) is 0 Å². The number of carbonyl (C=O) groups is 1. The summed E-state index contributed by atoms with van der Waals surface area (Å²) in [4.78, 5) is 33.1. The van der Waals surface area contributed by atoms with Crippen LogP contribution in [-0.4, -0.2) is 38.0 Å². The first-order valence-electron chi connectivity index (χ1n) is 13.2. The van der Waals surface area contributed by atoms with E-state index < -0.39 is 0 Å². The lowest BCUT2D eigenvalue weighted by atomic mass is 10.0. The number of nitrogens with two attached hydrogens (primary N) is 1. The number of anilines is 1. The van der Waals surface area contributed by atoms with Gasteiger partial charge in [0, 0.05) is 19.3 Å². The largest absolute Gasteiger partial charge is 0.457 e. The highest BCUT2D eigenvalue weighted by Gasteiger charge is 2.31. The van der Waals surface area contributed by atoms with Crippen molar-refractivity contribution in [3.8, 4) is 23.3 Å². The second kappa shape index (κ2) is 10.1. The standard InChI is InChI=1S/C30H28N6O3/c31-18-21(17-20-8-9-20)29(37)34-16-4-5-23(19-34)35-26-14-15-33-28(32)27(26)36(30(35)38)22-10-12-25(13-11-22)39-24-6-2-1-3-7-24/h1-3,6-7,10-15,17,20,23H,4-5,8-9,16,19H2,(H2,32,33). The number of hydrogen-bond donors (Lipinski definition) is 1. The molecular weight excluding hydrogens is 492 g/mol. The summed E-state index contributed by atoms with van der Waals surface area (Å²) in [6.07, 6.45) is 6.87. The third kappa shape index (κ3) is 4.77. The molecule has 1 aliphatic carbocycles. The number of likely N-dealkylation sites (tertiary alicyclic amines) is 1. The van der Waals surface area contributed by atoms with Crippen molar-refractivity contribution < 1.29 is 9.53 Å². The molecule has 39 heavy (non-hydrogen) atoms. The zero-order valence-electron chi connectivity index (χ0n) is 21.4. The Bertz CT molecular complexity index is 1660. The highest BCUT2D eigenvalue weighted by molar-refractivity contribution is 5.97. The summed E-state index contributed by atoms with van der Waals surface area (Å²) in [5.41, 5.74) is 8.06. The van der Waals surface area contributed by atoms with Crippen LogP contribution in [0, 0.1) is 17.2 Å². The van der Waals surface area contributed by atoms with Gasteiger partial charge in [-0.3, -0.25) is 13.9 Å². The van der Waals surface area contributed by atoms with Gasteiger partial charge < -0.3 is 15.4 Å². The predicted octanol–water partition coefficient (Wildman–Crippen LogP) is 4.59. The Hall–Kier alpha value is -4.84. The van der Waals surface area contributed by atoms with Crippen LogP contribution in [0.3, 0.4) is 0 Å². The molecule has 2 aliphatic rings. The first kappa shape index (κ1) is 24.5. The summed E-state index contributed by atoms with van der Waals surface area (Å²) in [6, 6.07) is 20.3. The van der Waals surface area contributed by atoms with Crippen molar-refractivity contribution in [3.05, 3.63) is 89.0 Å². The van der Waals surface area contributed by atoms with Crippen LogP contribution in [0.25, 0.3) is 16.7 Å². The first-order chi connectivity index (χ1) is 19.0. The average Bonchev–Trinajstić information content (AvgIpc) is 3.73. The number of benzene rings is 2. The van der Waals surface area contributed by atoms with E-state index in [1.807, 2.05) is 42.5 Å². The predicted molar refractivity (Wildman–Crippen MR) is 148 cm³/mol. The van der Waals surface area contributed by atoms with Gasteiger partial charge in [-0.2, -0.15) is 5.26 Å². The molecule has 1 unspecified atom stereocenters. The number of nitrogen functional groups attached to an aromatic ring is 1. The van der Waals surface area contributed by atoms with E-state index in [9.17, 15) is 14.9 Å². The van der Waals surface area contributed by atoms with Gasteiger partial charge in [0.25, 0.3) is 5.91 Å². The minimum absolute atomic E-state index is 0.194. The van der Waals surface area contributed by atoms with Crippen molar-refractivity contribution in [2.24, 2.45) is 5.92 Å². The van der Waals surface area contributed by atoms with Gasteiger partial charge in [0.05, 0.1) is 17.2 Å². The molecule has 1 saturated heterocycles. The van der Waals surface area contributed by atoms with E-state index >= 15 is 0 Å². The highest BCUT2D eigenvalue weighted by atomic mass is 16.5. The Morgan fingerprint density at radius 1 is 1.05 bits per heavy atom. The number of amides is 1. The van der Waals surface area contributed by atoms with Crippen molar-refractivity contribution in [1.29, 1.82) is 5.26 Å². The van der Waals surface area contributed by atoms with E-state index in [-0.39, 0.29) is 29.0 Å². The number of fused-ring (bicyclic) bond motifs is 1. The third-order valence-electron chi connectivity index (χ3n) is 7.31. The summed E-state index contributed by atoms with van der Waals surface area (Å²) in [6.45, 7) is 0.895. The fraction of sp³-hybridized carbons (Fsp3) is 0.267. The van der Waals surface area contributed by atoms with Crippen LogP contribution in [0.5, 0.6) is 11.5 Å². The summed E-state index contributed by atoms with van der Waals surface area (Å²) >= 11 is 0. The zero-order chi connectivity index (χ0) is 26.9. The molecule has 2 aromatic carbocycles. The molecule has 1 atom stereocenters. The SMILES string of the molecule is N#CC(=CC1CC1)C(=O)N1CCCC(n2c(=O)n(-c3ccc(Oc4ccccc4)cc3)c3c(N)nccc32)C1. The molecular formula is C30H28N6O3. The summed E-state index contributed by atoms with van der Waals surface area (Å²) < 4.78 is 9.20. The molecule has 2 fully saturated rings. The molecule has 196 valence electrons. The molecule has 1 saturated carbocycles. The van der Waals surface area contributed by atoms with Crippen molar-refractivity contribution in [1.82, 2.24) is 19.0 Å². The number of aromatic nitrogens is 3. The molecule has 0 bridgehead atoms. The van der Waals surface area contributed by atoms with Crippen LogP contribution in [-0.2, 0) is 4.79 Å². The van der Waals surface area contributed by atoms with Crippen LogP contribution in [0.15, 0.2) is 83.3 Å². The third-order valence-corrected chi connectivity index (χ3v) is 7.31. The number of imidazole rings is 1. The Kier molecular flexibility index (Phi) is 6.37. The Morgan fingerprint density at radius 2 is 1.79 bits per heavy atom. The number of nitrogens with zero attached hydrogens (tertiary/aromatic N) is 5. The molecule has 0 radical (unpaired) electrons. The molecule has 0 spiro atoms. The van der Waals surface area contributed by atoms with Crippen molar-refractivity contribution in [2.45, 2.75) is 31.7 Å². The smallest absolute Gasteiger partial charge is 0.334 e. The van der Waals surface area contributed by atoms with Gasteiger partial charge in [-0.25, -0.2) is 9.78 Å². The quantitative estimate of drug-likeness (QED) is 0.293. The number of hydrogen-bond acceptors (Lipinski definition) is 6. The van der Waals surface area contributed by atoms with Crippen LogP contribution < -0.4 is 16.2 Å². The fourth-order valence-corrected chi connectivity index (χ4v) is 5.24. The van der Waals surface area contributed by atoms with Gasteiger partial charge in [0.2, 0.25) is 0 Å². The summed E-state index contributed by atoms with van der Waals surface area (Å²) in [5, 5.41) is 9.58. The number of allylic oxidation sites excluding steroid dienone is 1. The normalized spacial score (nSPS) is 17.7. The van der Waals surface area contributed by atoms with Gasteiger partial charge in [-0.05, 0) is 74.1 Å². The summed E-state index contributed by atoms with van der Waals surface area (Å²) in [5.74, 6) is 1.67. The second-order valence-electron chi connectivity index (χ2n) is 10.0. The Balaban J connectivity index is 1.34. The maximum atomic E-state index is 14.0. The number of pyridine rings is 1. The lowest BCUT2D eigenvalue weighted by molar-refractivity contribution is -0.128. The maximum absolute atomic E-state index is 14.0. The molecule has 1 amide bonds. The number of para-hydroxylation sites is 1. The molecule has 4 aromatic rings. The van der Waals surface area contributed by atoms with Crippen molar-refractivity contribution >= 4 is 22.8 Å².